The maximum atomic E-state index is 8.97. The topological polar surface area (TPSA) is 58.6 Å². The maximum absolute atomic E-state index is 8.97. The molecular formula is C6H10N2O. The number of aliphatic imine (C=N–C) groups is 1. The predicted octanol–water partition coefficient (Wildman–Crippen LogP) is 0.0120. The molecule has 1 heterocycles. The second kappa shape index (κ2) is 2.19. The number of rotatable bonds is 1. The molecule has 0 fully saturated rings. The normalized spacial score (nSPS) is 21.1. The van der Waals surface area contributed by atoms with Gasteiger partial charge in [0.15, 0.2) is 0 Å². The van der Waals surface area contributed by atoms with Gasteiger partial charge in [0, 0.05) is 12.6 Å². The molecule has 1 aliphatic rings. The molecule has 0 radical (unpaired) electrons. The van der Waals surface area contributed by atoms with Crippen molar-refractivity contribution < 1.29 is 5.11 Å². The fourth-order valence-electron chi connectivity index (χ4n) is 0.722. The van der Waals surface area contributed by atoms with E-state index in [2.05, 4.69) is 4.99 Å². The van der Waals surface area contributed by atoms with Gasteiger partial charge in [-0.25, -0.2) is 4.99 Å². The number of nitrogens with zero attached hydrogens (tertiary/aromatic N) is 1. The van der Waals surface area contributed by atoms with E-state index in [0.717, 1.165) is 5.57 Å². The second-order valence-corrected chi connectivity index (χ2v) is 2.18. The van der Waals surface area contributed by atoms with Crippen molar-refractivity contribution in [3.05, 3.63) is 11.8 Å². The fourth-order valence-corrected chi connectivity index (χ4v) is 0.722. The van der Waals surface area contributed by atoms with Gasteiger partial charge < -0.3 is 10.8 Å². The lowest BCUT2D eigenvalue weighted by Crippen LogP contribution is -2.12. The first-order valence-corrected chi connectivity index (χ1v) is 2.89. The third-order valence-electron chi connectivity index (χ3n) is 1.32. The number of nitrogens with two attached hydrogens (primary N) is 1. The first-order valence-electron chi connectivity index (χ1n) is 2.89. The highest BCUT2D eigenvalue weighted by molar-refractivity contribution is 5.85. The minimum absolute atomic E-state index is 0.408. The number of aliphatic hydroxyl groups is 1. The summed E-state index contributed by atoms with van der Waals surface area (Å²) in [6.07, 6.45) is 1.84. The van der Waals surface area contributed by atoms with Gasteiger partial charge in [-0.1, -0.05) is 0 Å². The van der Waals surface area contributed by atoms with Crippen molar-refractivity contribution in [3.8, 4) is 0 Å². The summed E-state index contributed by atoms with van der Waals surface area (Å²) in [4.78, 5) is 3.81. The van der Waals surface area contributed by atoms with Crippen LogP contribution in [-0.4, -0.2) is 17.0 Å². The Morgan fingerprint density at radius 3 is 2.78 bits per heavy atom. The van der Waals surface area contributed by atoms with Crippen molar-refractivity contribution in [3.63, 3.8) is 0 Å². The standard InChI is InChI=1S/C6H10N2O/c1-4(9)5-2-6(7)8-3-5/h3-4,9H,2H2,1H3,(H2,7,8). The number of hydrogen-bond donors (Lipinski definition) is 2. The van der Waals surface area contributed by atoms with Gasteiger partial charge in [-0.05, 0) is 12.5 Å². The fraction of sp³-hybridized carbons (Fsp3) is 0.500. The quantitative estimate of drug-likeness (QED) is 0.520. The van der Waals surface area contributed by atoms with Gasteiger partial charge in [0.25, 0.3) is 0 Å². The molecule has 9 heavy (non-hydrogen) atoms. The zero-order valence-electron chi connectivity index (χ0n) is 5.33. The van der Waals surface area contributed by atoms with E-state index in [1.807, 2.05) is 0 Å². The summed E-state index contributed by atoms with van der Waals surface area (Å²) >= 11 is 0. The Balaban J connectivity index is 2.54. The van der Waals surface area contributed by atoms with E-state index in [1.165, 1.54) is 0 Å². The molecule has 0 aliphatic carbocycles. The predicted molar refractivity (Wildman–Crippen MR) is 36.0 cm³/mol. The van der Waals surface area contributed by atoms with Crippen LogP contribution in [0.15, 0.2) is 16.8 Å². The average molecular weight is 126 g/mol. The highest BCUT2D eigenvalue weighted by atomic mass is 16.3. The van der Waals surface area contributed by atoms with E-state index >= 15 is 0 Å². The van der Waals surface area contributed by atoms with Crippen LogP contribution in [0.25, 0.3) is 0 Å². The SMILES string of the molecule is CC(O)C1=CN=C(N)C1. The van der Waals surface area contributed by atoms with Crippen molar-refractivity contribution in [2.24, 2.45) is 10.7 Å². The van der Waals surface area contributed by atoms with Crippen molar-refractivity contribution >= 4 is 5.84 Å². The van der Waals surface area contributed by atoms with Gasteiger partial charge in [0.2, 0.25) is 0 Å². The summed E-state index contributed by atoms with van der Waals surface area (Å²) in [6.45, 7) is 1.71. The van der Waals surface area contributed by atoms with Crippen LogP contribution in [0.4, 0.5) is 0 Å². The van der Waals surface area contributed by atoms with Gasteiger partial charge in [-0.3, -0.25) is 0 Å². The molecule has 3 nitrogen and oxygen atoms in total. The van der Waals surface area contributed by atoms with E-state index in [4.69, 9.17) is 10.8 Å². The van der Waals surface area contributed by atoms with Crippen LogP contribution in [0.2, 0.25) is 0 Å². The van der Waals surface area contributed by atoms with Crippen LogP contribution < -0.4 is 5.73 Å². The molecular weight excluding hydrogens is 116 g/mol. The molecule has 0 saturated carbocycles. The van der Waals surface area contributed by atoms with Crippen LogP contribution in [0.5, 0.6) is 0 Å². The van der Waals surface area contributed by atoms with Crippen molar-refractivity contribution in [1.82, 2.24) is 0 Å². The van der Waals surface area contributed by atoms with Crippen LogP contribution in [-0.2, 0) is 0 Å². The molecule has 0 spiro atoms. The summed E-state index contributed by atoms with van der Waals surface area (Å²) in [6, 6.07) is 0. The molecule has 1 rings (SSSR count). The van der Waals surface area contributed by atoms with Gasteiger partial charge in [-0.2, -0.15) is 0 Å². The summed E-state index contributed by atoms with van der Waals surface area (Å²) in [5, 5.41) is 8.97. The lowest BCUT2D eigenvalue weighted by molar-refractivity contribution is 0.230. The monoisotopic (exact) mass is 126 g/mol. The summed E-state index contributed by atoms with van der Waals surface area (Å²) in [7, 11) is 0. The second-order valence-electron chi connectivity index (χ2n) is 2.18. The van der Waals surface area contributed by atoms with Crippen LogP contribution in [0.3, 0.4) is 0 Å². The number of aliphatic hydroxyl groups excluding tert-OH is 1. The number of amidine groups is 1. The van der Waals surface area contributed by atoms with Gasteiger partial charge in [0.1, 0.15) is 5.84 Å². The number of hydrogen-bond acceptors (Lipinski definition) is 3. The molecule has 0 aromatic carbocycles. The lowest BCUT2D eigenvalue weighted by Gasteiger charge is -2.01. The molecule has 3 N–H and O–H groups in total. The Labute approximate surface area is 53.9 Å². The molecule has 1 unspecified atom stereocenters. The van der Waals surface area contributed by atoms with Gasteiger partial charge in [0.05, 0.1) is 6.10 Å². The third kappa shape index (κ3) is 1.29. The van der Waals surface area contributed by atoms with Gasteiger partial charge >= 0.3 is 0 Å². The van der Waals surface area contributed by atoms with Crippen molar-refractivity contribution in [2.45, 2.75) is 19.4 Å². The average Bonchev–Trinajstić information content (AvgIpc) is 2.14. The Hall–Kier alpha value is -0.830. The molecule has 3 heteroatoms. The molecule has 1 aliphatic heterocycles. The van der Waals surface area contributed by atoms with E-state index in [1.54, 1.807) is 13.1 Å². The first-order chi connectivity index (χ1) is 4.20. The van der Waals surface area contributed by atoms with Crippen molar-refractivity contribution in [1.29, 1.82) is 0 Å². The zero-order valence-corrected chi connectivity index (χ0v) is 5.33. The van der Waals surface area contributed by atoms with Crippen LogP contribution >= 0.6 is 0 Å². The summed E-state index contributed by atoms with van der Waals surface area (Å²) < 4.78 is 0. The van der Waals surface area contributed by atoms with E-state index in [0.29, 0.717) is 12.3 Å². The Kier molecular flexibility index (Phi) is 1.53. The van der Waals surface area contributed by atoms with Crippen LogP contribution in [0, 0.1) is 0 Å². The smallest absolute Gasteiger partial charge is 0.103 e. The molecule has 0 saturated heterocycles. The molecule has 0 aromatic heterocycles. The largest absolute Gasteiger partial charge is 0.389 e. The Bertz CT molecular complexity index is 170. The van der Waals surface area contributed by atoms with E-state index < -0.39 is 6.10 Å². The minimum atomic E-state index is -0.408. The molecule has 0 bridgehead atoms. The third-order valence-corrected chi connectivity index (χ3v) is 1.32. The minimum Gasteiger partial charge on any atom is -0.389 e. The molecule has 1 atom stereocenters. The van der Waals surface area contributed by atoms with Crippen LogP contribution in [0.1, 0.15) is 13.3 Å². The zero-order chi connectivity index (χ0) is 6.85. The Morgan fingerprint density at radius 2 is 2.56 bits per heavy atom. The van der Waals surface area contributed by atoms with Crippen molar-refractivity contribution in [2.75, 3.05) is 0 Å². The lowest BCUT2D eigenvalue weighted by atomic mass is 10.1. The summed E-state index contributed by atoms with van der Waals surface area (Å²) in [5.74, 6) is 0.589. The first kappa shape index (κ1) is 6.29. The Morgan fingerprint density at radius 1 is 1.89 bits per heavy atom. The highest BCUT2D eigenvalue weighted by Gasteiger charge is 2.10. The highest BCUT2D eigenvalue weighted by Crippen LogP contribution is 2.12. The molecule has 0 amide bonds. The summed E-state index contributed by atoms with van der Waals surface area (Å²) in [5.41, 5.74) is 6.25. The van der Waals surface area contributed by atoms with Gasteiger partial charge in [-0.15, -0.1) is 0 Å². The maximum Gasteiger partial charge on any atom is 0.103 e. The van der Waals surface area contributed by atoms with E-state index in [9.17, 15) is 0 Å². The molecule has 0 aromatic rings. The molecule has 50 valence electrons. The van der Waals surface area contributed by atoms with E-state index in [-0.39, 0.29) is 0 Å².